The first-order chi connectivity index (χ1) is 11.7. The highest BCUT2D eigenvalue weighted by molar-refractivity contribution is 5.70. The molecule has 0 saturated carbocycles. The monoisotopic (exact) mass is 343 g/mol. The van der Waals surface area contributed by atoms with Crippen molar-refractivity contribution in [2.75, 3.05) is 0 Å². The summed E-state index contributed by atoms with van der Waals surface area (Å²) >= 11 is 0. The molecule has 3 rings (SSSR count). The molecule has 0 unspecified atom stereocenters. The summed E-state index contributed by atoms with van der Waals surface area (Å²) in [5.74, 6) is 0. The summed E-state index contributed by atoms with van der Waals surface area (Å²) < 4.78 is 3.97. The number of imidazole rings is 1. The van der Waals surface area contributed by atoms with Crippen molar-refractivity contribution >= 4 is 16.9 Å². The van der Waals surface area contributed by atoms with Crippen LogP contribution < -0.4 is 11.2 Å². The highest BCUT2D eigenvalue weighted by atomic mass is 16.6. The normalized spacial score (nSPS) is 12.5. The number of hydrogen-bond donors (Lipinski definition) is 0. The number of aromatic nitrogens is 4. The Balaban J connectivity index is 2.28. The first-order valence-corrected chi connectivity index (χ1v) is 7.61. The fourth-order valence-corrected chi connectivity index (χ4v) is 3.00. The Kier molecular flexibility index (Phi) is 3.78. The second kappa shape index (κ2) is 5.69. The van der Waals surface area contributed by atoms with Crippen LogP contribution in [0.2, 0.25) is 0 Å². The average molecular weight is 343 g/mol. The first-order valence-electron chi connectivity index (χ1n) is 7.61. The molecule has 0 N–H and O–H groups in total. The number of rotatable bonds is 3. The van der Waals surface area contributed by atoms with Crippen LogP contribution in [0.1, 0.15) is 24.1 Å². The van der Waals surface area contributed by atoms with Gasteiger partial charge in [0, 0.05) is 26.2 Å². The van der Waals surface area contributed by atoms with E-state index in [0.29, 0.717) is 5.56 Å². The van der Waals surface area contributed by atoms with E-state index in [9.17, 15) is 19.7 Å². The van der Waals surface area contributed by atoms with Gasteiger partial charge in [-0.1, -0.05) is 6.07 Å². The van der Waals surface area contributed by atoms with Crippen LogP contribution in [0.5, 0.6) is 0 Å². The molecule has 2 heterocycles. The lowest BCUT2D eigenvalue weighted by atomic mass is 10.0. The molecule has 130 valence electrons. The SMILES string of the molecule is Cc1ccc([N+](=O)[O-])cc1[C@H](C)n1cnc2c1c(=O)n(C)c(=O)n2C. The van der Waals surface area contributed by atoms with Gasteiger partial charge in [-0.25, -0.2) is 9.78 Å². The number of hydrogen-bond acceptors (Lipinski definition) is 5. The maximum absolute atomic E-state index is 12.6. The lowest BCUT2D eigenvalue weighted by Crippen LogP contribution is -2.37. The molecule has 0 radical (unpaired) electrons. The summed E-state index contributed by atoms with van der Waals surface area (Å²) in [6.07, 6.45) is 1.48. The van der Waals surface area contributed by atoms with Gasteiger partial charge in [-0.2, -0.15) is 0 Å². The van der Waals surface area contributed by atoms with Crippen LogP contribution in [0.15, 0.2) is 34.1 Å². The van der Waals surface area contributed by atoms with Gasteiger partial charge in [0.25, 0.3) is 11.2 Å². The largest absolute Gasteiger partial charge is 0.332 e. The van der Waals surface area contributed by atoms with Crippen LogP contribution in [0, 0.1) is 17.0 Å². The Morgan fingerprint density at radius 2 is 1.88 bits per heavy atom. The Labute approximate surface area is 141 Å². The number of non-ortho nitro benzene ring substituents is 1. The van der Waals surface area contributed by atoms with E-state index in [1.165, 1.54) is 30.1 Å². The maximum atomic E-state index is 12.6. The van der Waals surface area contributed by atoms with Gasteiger partial charge in [0.15, 0.2) is 11.2 Å². The molecule has 1 atom stereocenters. The molecule has 0 saturated heterocycles. The minimum absolute atomic E-state index is 0.0165. The number of nitrogens with zero attached hydrogens (tertiary/aromatic N) is 5. The summed E-state index contributed by atoms with van der Waals surface area (Å²) in [6.45, 7) is 3.68. The van der Waals surface area contributed by atoms with Crippen molar-refractivity contribution in [1.29, 1.82) is 0 Å². The predicted octanol–water partition coefficient (Wildman–Crippen LogP) is 1.26. The molecule has 0 aliphatic heterocycles. The first kappa shape index (κ1) is 16.6. The molecule has 0 fully saturated rings. The van der Waals surface area contributed by atoms with Crippen LogP contribution in [-0.2, 0) is 14.1 Å². The Bertz CT molecular complexity index is 1120. The quantitative estimate of drug-likeness (QED) is 0.526. The van der Waals surface area contributed by atoms with E-state index in [2.05, 4.69) is 4.98 Å². The van der Waals surface area contributed by atoms with Crippen molar-refractivity contribution in [2.24, 2.45) is 14.1 Å². The summed E-state index contributed by atoms with van der Waals surface area (Å²) in [4.78, 5) is 39.4. The fourth-order valence-electron chi connectivity index (χ4n) is 3.00. The van der Waals surface area contributed by atoms with Crippen molar-refractivity contribution in [3.05, 3.63) is 66.6 Å². The highest BCUT2D eigenvalue weighted by Crippen LogP contribution is 2.27. The maximum Gasteiger partial charge on any atom is 0.332 e. The van der Waals surface area contributed by atoms with Gasteiger partial charge in [0.1, 0.15) is 0 Å². The molecule has 0 aliphatic rings. The minimum Gasteiger partial charge on any atom is -0.317 e. The minimum atomic E-state index is -0.457. The predicted molar refractivity (Wildman–Crippen MR) is 91.9 cm³/mol. The molecule has 9 heteroatoms. The van der Waals surface area contributed by atoms with Crippen LogP contribution in [0.4, 0.5) is 5.69 Å². The molecule has 3 aromatic rings. The van der Waals surface area contributed by atoms with Crippen LogP contribution in [-0.4, -0.2) is 23.6 Å². The second-order valence-corrected chi connectivity index (χ2v) is 6.00. The molecular formula is C16H17N5O4. The van der Waals surface area contributed by atoms with E-state index in [0.717, 1.165) is 10.1 Å². The van der Waals surface area contributed by atoms with Gasteiger partial charge in [-0.15, -0.1) is 0 Å². The topological polar surface area (TPSA) is 105 Å². The van der Waals surface area contributed by atoms with Crippen LogP contribution in [0.25, 0.3) is 11.2 Å². The smallest absolute Gasteiger partial charge is 0.317 e. The standard InChI is InChI=1S/C16H17N5O4/c1-9-5-6-11(21(24)25)7-12(9)10(2)20-8-17-14-13(20)15(22)19(4)16(23)18(14)3/h5-8,10H,1-4H3/t10-/m0/s1. The fraction of sp³-hybridized carbons (Fsp3) is 0.312. The van der Waals surface area contributed by atoms with Crippen molar-refractivity contribution < 1.29 is 4.92 Å². The zero-order chi connectivity index (χ0) is 18.5. The van der Waals surface area contributed by atoms with E-state index in [1.807, 2.05) is 13.8 Å². The molecule has 2 aromatic heterocycles. The summed E-state index contributed by atoms with van der Waals surface area (Å²) in [5, 5.41) is 11.1. The number of fused-ring (bicyclic) bond motifs is 1. The summed E-state index contributed by atoms with van der Waals surface area (Å²) in [5.41, 5.74) is 1.21. The van der Waals surface area contributed by atoms with Gasteiger partial charge >= 0.3 is 5.69 Å². The van der Waals surface area contributed by atoms with E-state index in [1.54, 1.807) is 17.7 Å². The third-order valence-corrected chi connectivity index (χ3v) is 4.51. The van der Waals surface area contributed by atoms with Gasteiger partial charge in [-0.05, 0) is 25.0 Å². The van der Waals surface area contributed by atoms with Crippen molar-refractivity contribution in [1.82, 2.24) is 18.7 Å². The Hall–Kier alpha value is -3.23. The van der Waals surface area contributed by atoms with Crippen molar-refractivity contribution in [3.8, 4) is 0 Å². The zero-order valence-electron chi connectivity index (χ0n) is 14.3. The molecule has 0 aliphatic carbocycles. The molecular weight excluding hydrogens is 326 g/mol. The van der Waals surface area contributed by atoms with Crippen molar-refractivity contribution in [3.63, 3.8) is 0 Å². The molecule has 9 nitrogen and oxygen atoms in total. The van der Waals surface area contributed by atoms with Gasteiger partial charge in [0.2, 0.25) is 0 Å². The molecule has 0 spiro atoms. The Morgan fingerprint density at radius 3 is 2.52 bits per heavy atom. The molecule has 1 aromatic carbocycles. The zero-order valence-corrected chi connectivity index (χ0v) is 14.3. The lowest BCUT2D eigenvalue weighted by Gasteiger charge is -2.17. The van der Waals surface area contributed by atoms with Gasteiger partial charge in [-0.3, -0.25) is 24.0 Å². The molecule has 0 bridgehead atoms. The molecule has 0 amide bonds. The van der Waals surface area contributed by atoms with Crippen LogP contribution in [0.3, 0.4) is 0 Å². The highest BCUT2D eigenvalue weighted by Gasteiger charge is 2.21. The van der Waals surface area contributed by atoms with Crippen LogP contribution >= 0.6 is 0 Å². The van der Waals surface area contributed by atoms with Crippen molar-refractivity contribution in [2.45, 2.75) is 19.9 Å². The number of nitro groups is 1. The summed E-state index contributed by atoms with van der Waals surface area (Å²) in [6, 6.07) is 4.25. The molecule has 25 heavy (non-hydrogen) atoms. The average Bonchev–Trinajstić information content (AvgIpc) is 3.02. The number of aryl methyl sites for hydroxylation is 2. The van der Waals surface area contributed by atoms with E-state index < -0.39 is 16.2 Å². The second-order valence-electron chi connectivity index (χ2n) is 6.00. The summed E-state index contributed by atoms with van der Waals surface area (Å²) in [7, 11) is 2.95. The van der Waals surface area contributed by atoms with Gasteiger partial charge < -0.3 is 4.57 Å². The van der Waals surface area contributed by atoms with Gasteiger partial charge in [0.05, 0.1) is 17.3 Å². The number of benzene rings is 1. The third kappa shape index (κ3) is 2.44. The van der Waals surface area contributed by atoms with E-state index in [4.69, 9.17) is 0 Å². The number of nitro benzene ring substituents is 1. The lowest BCUT2D eigenvalue weighted by molar-refractivity contribution is -0.384. The van der Waals surface area contributed by atoms with E-state index in [-0.39, 0.29) is 22.9 Å². The van der Waals surface area contributed by atoms with E-state index >= 15 is 0 Å². The Morgan fingerprint density at radius 1 is 1.20 bits per heavy atom. The third-order valence-electron chi connectivity index (χ3n) is 4.51.